The highest BCUT2D eigenvalue weighted by atomic mass is 32.1. The Kier molecular flexibility index (Phi) is 5.27. The fourth-order valence-corrected chi connectivity index (χ4v) is 3.52. The molecule has 0 fully saturated rings. The minimum Gasteiger partial charge on any atom is -0.468 e. The molecule has 0 radical (unpaired) electrons. The molecule has 1 aromatic carbocycles. The van der Waals surface area contributed by atoms with Crippen molar-refractivity contribution < 1.29 is 13.9 Å². The molecule has 0 amide bonds. The molecule has 0 spiro atoms. The van der Waals surface area contributed by atoms with Crippen LogP contribution in [0.4, 0.5) is 5.69 Å². The maximum absolute atomic E-state index is 10.8. The van der Waals surface area contributed by atoms with E-state index in [2.05, 4.69) is 21.1 Å². The number of hydrogen-bond acceptors (Lipinski definition) is 8. The van der Waals surface area contributed by atoms with E-state index in [1.807, 2.05) is 23.6 Å². The molecule has 0 bridgehead atoms. The van der Waals surface area contributed by atoms with Gasteiger partial charge in [0, 0.05) is 29.1 Å². The minimum absolute atomic E-state index is 0.0213. The number of aromatic nitrogens is 2. The van der Waals surface area contributed by atoms with E-state index in [9.17, 15) is 10.1 Å². The normalized spacial score (nSPS) is 11.2. The van der Waals surface area contributed by atoms with E-state index in [0.717, 1.165) is 12.3 Å². The van der Waals surface area contributed by atoms with Crippen molar-refractivity contribution in [3.8, 4) is 11.4 Å². The van der Waals surface area contributed by atoms with Crippen molar-refractivity contribution in [1.29, 1.82) is 0 Å². The predicted molar refractivity (Wildman–Crippen MR) is 102 cm³/mol. The SMILES string of the molecule is O=[N+]([O-])c1ccc(-c2noc(CN(Cc3ccco3)Cc3cccs3)n2)cc1. The Morgan fingerprint density at radius 3 is 2.61 bits per heavy atom. The largest absolute Gasteiger partial charge is 0.468 e. The zero-order valence-corrected chi connectivity index (χ0v) is 15.5. The summed E-state index contributed by atoms with van der Waals surface area (Å²) < 4.78 is 10.9. The molecule has 4 rings (SSSR count). The molecule has 4 aromatic rings. The summed E-state index contributed by atoms with van der Waals surface area (Å²) in [7, 11) is 0. The summed E-state index contributed by atoms with van der Waals surface area (Å²) in [6.45, 7) is 1.80. The average Bonchev–Trinajstić information content (AvgIpc) is 3.45. The highest BCUT2D eigenvalue weighted by Gasteiger charge is 2.16. The standard InChI is InChI=1S/C19H16N4O4S/c24-23(25)15-7-5-14(6-8-15)19-20-18(27-21-19)13-22(11-16-3-1-9-26-16)12-17-4-2-10-28-17/h1-10H,11-13H2. The third kappa shape index (κ3) is 4.33. The zero-order chi connectivity index (χ0) is 19.3. The Morgan fingerprint density at radius 2 is 1.93 bits per heavy atom. The molecule has 8 nitrogen and oxygen atoms in total. The lowest BCUT2D eigenvalue weighted by molar-refractivity contribution is -0.384. The number of furan rings is 1. The molecule has 9 heteroatoms. The number of hydrogen-bond donors (Lipinski definition) is 0. The van der Waals surface area contributed by atoms with Crippen molar-refractivity contribution >= 4 is 17.0 Å². The van der Waals surface area contributed by atoms with E-state index in [0.29, 0.717) is 30.4 Å². The second-order valence-electron chi connectivity index (χ2n) is 6.12. The van der Waals surface area contributed by atoms with Crippen molar-refractivity contribution in [2.24, 2.45) is 0 Å². The van der Waals surface area contributed by atoms with Crippen LogP contribution in [0.25, 0.3) is 11.4 Å². The van der Waals surface area contributed by atoms with Crippen molar-refractivity contribution in [1.82, 2.24) is 15.0 Å². The number of rotatable bonds is 8. The molecule has 0 saturated carbocycles. The van der Waals surface area contributed by atoms with Crippen LogP contribution in [0.2, 0.25) is 0 Å². The van der Waals surface area contributed by atoms with Crippen LogP contribution in [0.1, 0.15) is 16.5 Å². The topological polar surface area (TPSA) is 98.4 Å². The molecule has 0 N–H and O–H groups in total. The Balaban J connectivity index is 1.49. The number of nitro benzene ring substituents is 1. The lowest BCUT2D eigenvalue weighted by Gasteiger charge is -2.18. The Labute approximate surface area is 164 Å². The maximum atomic E-state index is 10.8. The smallest absolute Gasteiger partial charge is 0.269 e. The van der Waals surface area contributed by atoms with Crippen LogP contribution in [0.15, 0.2) is 69.1 Å². The molecule has 0 aliphatic carbocycles. The van der Waals surface area contributed by atoms with Gasteiger partial charge in [0.05, 0.1) is 24.3 Å². The summed E-state index contributed by atoms with van der Waals surface area (Å²) in [5, 5.41) is 16.8. The third-order valence-electron chi connectivity index (χ3n) is 4.08. The van der Waals surface area contributed by atoms with Crippen LogP contribution in [-0.2, 0) is 19.6 Å². The summed E-state index contributed by atoms with van der Waals surface area (Å²) in [6.07, 6.45) is 1.65. The molecule has 0 unspecified atom stereocenters. The zero-order valence-electron chi connectivity index (χ0n) is 14.7. The summed E-state index contributed by atoms with van der Waals surface area (Å²) in [5.74, 6) is 1.72. The van der Waals surface area contributed by atoms with E-state index >= 15 is 0 Å². The molecular formula is C19H16N4O4S. The molecule has 0 aliphatic heterocycles. The Morgan fingerprint density at radius 1 is 1.07 bits per heavy atom. The number of benzene rings is 1. The van der Waals surface area contributed by atoms with E-state index in [-0.39, 0.29) is 5.69 Å². The lowest BCUT2D eigenvalue weighted by Crippen LogP contribution is -2.21. The van der Waals surface area contributed by atoms with Crippen molar-refractivity contribution in [2.45, 2.75) is 19.6 Å². The van der Waals surface area contributed by atoms with Crippen molar-refractivity contribution in [2.75, 3.05) is 0 Å². The highest BCUT2D eigenvalue weighted by Crippen LogP contribution is 2.21. The van der Waals surface area contributed by atoms with Crippen LogP contribution in [-0.4, -0.2) is 20.0 Å². The Hall–Kier alpha value is -3.30. The average molecular weight is 396 g/mol. The van der Waals surface area contributed by atoms with Gasteiger partial charge in [-0.1, -0.05) is 11.2 Å². The monoisotopic (exact) mass is 396 g/mol. The lowest BCUT2D eigenvalue weighted by atomic mass is 10.2. The van der Waals surface area contributed by atoms with Gasteiger partial charge in [-0.05, 0) is 35.7 Å². The molecule has 3 aromatic heterocycles. The van der Waals surface area contributed by atoms with Gasteiger partial charge in [0.1, 0.15) is 5.76 Å². The van der Waals surface area contributed by atoms with Gasteiger partial charge >= 0.3 is 0 Å². The van der Waals surface area contributed by atoms with Crippen LogP contribution in [0, 0.1) is 10.1 Å². The molecule has 3 heterocycles. The van der Waals surface area contributed by atoms with Gasteiger partial charge < -0.3 is 8.94 Å². The second kappa shape index (κ2) is 8.15. The number of nitro groups is 1. The summed E-state index contributed by atoms with van der Waals surface area (Å²) in [4.78, 5) is 18.1. The van der Waals surface area contributed by atoms with Crippen LogP contribution >= 0.6 is 11.3 Å². The van der Waals surface area contributed by atoms with Gasteiger partial charge in [-0.3, -0.25) is 15.0 Å². The van der Waals surface area contributed by atoms with Gasteiger partial charge in [-0.15, -0.1) is 11.3 Å². The van der Waals surface area contributed by atoms with Gasteiger partial charge in [-0.2, -0.15) is 4.98 Å². The van der Waals surface area contributed by atoms with Gasteiger partial charge in [0.15, 0.2) is 0 Å². The van der Waals surface area contributed by atoms with Crippen molar-refractivity contribution in [3.05, 3.63) is 86.8 Å². The van der Waals surface area contributed by atoms with Crippen LogP contribution < -0.4 is 0 Å². The van der Waals surface area contributed by atoms with Crippen molar-refractivity contribution in [3.63, 3.8) is 0 Å². The van der Waals surface area contributed by atoms with Crippen LogP contribution in [0.5, 0.6) is 0 Å². The first kappa shape index (κ1) is 18.1. The van der Waals surface area contributed by atoms with Crippen LogP contribution in [0.3, 0.4) is 0 Å². The first-order valence-electron chi connectivity index (χ1n) is 8.52. The third-order valence-corrected chi connectivity index (χ3v) is 4.94. The summed E-state index contributed by atoms with van der Waals surface area (Å²) in [6, 6.07) is 13.9. The highest BCUT2D eigenvalue weighted by molar-refractivity contribution is 7.09. The number of nitrogens with zero attached hydrogens (tertiary/aromatic N) is 4. The molecule has 0 saturated heterocycles. The first-order chi connectivity index (χ1) is 13.7. The maximum Gasteiger partial charge on any atom is 0.269 e. The second-order valence-corrected chi connectivity index (χ2v) is 7.15. The number of thiophene rings is 1. The van der Waals surface area contributed by atoms with Gasteiger partial charge in [-0.25, -0.2) is 0 Å². The molecule has 0 aliphatic rings. The fourth-order valence-electron chi connectivity index (χ4n) is 2.77. The quantitative estimate of drug-likeness (QED) is 0.319. The van der Waals surface area contributed by atoms with Gasteiger partial charge in [0.25, 0.3) is 5.69 Å². The van der Waals surface area contributed by atoms with E-state index in [4.69, 9.17) is 8.94 Å². The minimum atomic E-state index is -0.442. The molecule has 0 atom stereocenters. The fraction of sp³-hybridized carbons (Fsp3) is 0.158. The molecule has 28 heavy (non-hydrogen) atoms. The first-order valence-corrected chi connectivity index (χ1v) is 9.40. The van der Waals surface area contributed by atoms with Gasteiger partial charge in [0.2, 0.25) is 11.7 Å². The molecular weight excluding hydrogens is 380 g/mol. The van der Waals surface area contributed by atoms with E-state index in [1.54, 1.807) is 29.7 Å². The number of non-ortho nitro benzene ring substituents is 1. The predicted octanol–water partition coefficient (Wildman–Crippen LogP) is 4.50. The molecule has 142 valence electrons. The van der Waals surface area contributed by atoms with E-state index < -0.39 is 4.92 Å². The Bertz CT molecular complexity index is 990. The summed E-state index contributed by atoms with van der Waals surface area (Å²) in [5.41, 5.74) is 0.685. The van der Waals surface area contributed by atoms with E-state index in [1.165, 1.54) is 17.0 Å². The summed E-state index contributed by atoms with van der Waals surface area (Å²) >= 11 is 1.69.